The first-order valence-electron chi connectivity index (χ1n) is 16.3. The van der Waals surface area contributed by atoms with Gasteiger partial charge in [0.25, 0.3) is 5.52 Å². The van der Waals surface area contributed by atoms with Crippen molar-refractivity contribution in [3.63, 3.8) is 0 Å². The molecule has 0 bridgehead atoms. The predicted octanol–water partition coefficient (Wildman–Crippen LogP) is 9.92. The van der Waals surface area contributed by atoms with Crippen molar-refractivity contribution in [3.8, 4) is 11.1 Å². The Hall–Kier alpha value is -3.13. The minimum Gasteiger partial charge on any atom is -0.149 e. The standard InChI is InChI=1S/C37H47N2/c1-22(2)20-28-15-12-16-29(21-23(3)4)35(28)34-27(10)38(25(7)8)39-36-30(24(5)6)17-13-19-31(36)33-26(9)14-11-18-32(33)37(34)39/h11-19,22-25H,20-21H2,1-10H3/q+1/i9D3. The van der Waals surface area contributed by atoms with Crippen LogP contribution in [0.15, 0.2) is 54.6 Å². The van der Waals surface area contributed by atoms with E-state index in [2.05, 4.69) is 114 Å². The molecule has 3 aromatic carbocycles. The van der Waals surface area contributed by atoms with E-state index in [0.29, 0.717) is 17.4 Å². The zero-order valence-corrected chi connectivity index (χ0v) is 25.3. The Morgan fingerprint density at radius 1 is 0.718 bits per heavy atom. The lowest BCUT2D eigenvalue weighted by molar-refractivity contribution is -0.586. The summed E-state index contributed by atoms with van der Waals surface area (Å²) in [5, 5.41) is 2.86. The van der Waals surface area contributed by atoms with Gasteiger partial charge in [-0.15, -0.1) is 4.68 Å². The third-order valence-electron chi connectivity index (χ3n) is 8.09. The van der Waals surface area contributed by atoms with Crippen molar-refractivity contribution in [2.45, 2.75) is 94.0 Å². The number of para-hydroxylation sites is 1. The van der Waals surface area contributed by atoms with Crippen LogP contribution >= 0.6 is 0 Å². The molecule has 0 aliphatic carbocycles. The zero-order valence-electron chi connectivity index (χ0n) is 28.3. The molecule has 5 rings (SSSR count). The molecule has 0 radical (unpaired) electrons. The highest BCUT2D eigenvalue weighted by Crippen LogP contribution is 2.42. The highest BCUT2D eigenvalue weighted by atomic mass is 15.4. The Bertz CT molecular complexity index is 1760. The van der Waals surface area contributed by atoms with Crippen LogP contribution in [0.2, 0.25) is 0 Å². The molecule has 0 saturated carbocycles. The van der Waals surface area contributed by atoms with E-state index in [1.807, 2.05) is 6.07 Å². The molecule has 0 aliphatic rings. The Balaban J connectivity index is 2.16. The number of rotatable bonds is 7. The summed E-state index contributed by atoms with van der Waals surface area (Å²) < 4.78 is 30.6. The van der Waals surface area contributed by atoms with Gasteiger partial charge >= 0.3 is 0 Å². The van der Waals surface area contributed by atoms with E-state index in [-0.39, 0.29) is 12.0 Å². The SMILES string of the molecule is [2H]C([2H])([2H])c1cccc2c1c1cccc(C(C)C)c1[n+]1c2c(-c2c(CC(C)C)cccc2CC(C)C)c(C)n1C(C)C. The van der Waals surface area contributed by atoms with Gasteiger partial charge in [0.1, 0.15) is 0 Å². The first kappa shape index (κ1) is 23.7. The normalized spacial score (nSPS) is 13.9. The fourth-order valence-corrected chi connectivity index (χ4v) is 6.73. The molecule has 2 heterocycles. The van der Waals surface area contributed by atoms with E-state index < -0.39 is 6.85 Å². The monoisotopic (exact) mass is 522 g/mol. The molecular weight excluding hydrogens is 472 g/mol. The number of nitrogens with zero attached hydrogens (tertiary/aromatic N) is 2. The average molecular weight is 523 g/mol. The Morgan fingerprint density at radius 3 is 1.82 bits per heavy atom. The van der Waals surface area contributed by atoms with Crippen molar-refractivity contribution in [1.82, 2.24) is 4.68 Å². The van der Waals surface area contributed by atoms with Gasteiger partial charge < -0.3 is 0 Å². The largest absolute Gasteiger partial charge is 0.254 e. The third-order valence-corrected chi connectivity index (χ3v) is 8.09. The smallest absolute Gasteiger partial charge is 0.149 e. The Labute approximate surface area is 239 Å². The molecule has 2 aromatic heterocycles. The van der Waals surface area contributed by atoms with E-state index >= 15 is 0 Å². The summed E-state index contributed by atoms with van der Waals surface area (Å²) in [5.74, 6) is 1.29. The van der Waals surface area contributed by atoms with Gasteiger partial charge in [-0.3, -0.25) is 0 Å². The van der Waals surface area contributed by atoms with Crippen LogP contribution < -0.4 is 4.52 Å². The van der Waals surface area contributed by atoms with Crippen molar-refractivity contribution >= 4 is 27.2 Å². The lowest BCUT2D eigenvalue weighted by Gasteiger charge is -2.17. The summed E-state index contributed by atoms with van der Waals surface area (Å²) in [7, 11) is 0. The van der Waals surface area contributed by atoms with Gasteiger partial charge in [-0.1, -0.05) is 88.5 Å². The lowest BCUT2D eigenvalue weighted by atomic mass is 9.85. The molecule has 0 spiro atoms. The maximum atomic E-state index is 8.55. The van der Waals surface area contributed by atoms with E-state index in [4.69, 9.17) is 4.11 Å². The van der Waals surface area contributed by atoms with E-state index in [1.54, 1.807) is 6.07 Å². The molecule has 0 aliphatic heterocycles. The van der Waals surface area contributed by atoms with Gasteiger partial charge in [0, 0.05) is 15.1 Å². The van der Waals surface area contributed by atoms with E-state index in [1.165, 1.54) is 33.5 Å². The summed E-state index contributed by atoms with van der Waals surface area (Å²) in [5.41, 5.74) is 10.4. The van der Waals surface area contributed by atoms with Crippen LogP contribution in [-0.2, 0) is 12.8 Å². The van der Waals surface area contributed by atoms with Gasteiger partial charge in [-0.05, 0) is 92.6 Å². The number of pyridine rings is 1. The number of aryl methyl sites for hydroxylation is 1. The van der Waals surface area contributed by atoms with Crippen LogP contribution in [-0.4, -0.2) is 4.68 Å². The first-order valence-corrected chi connectivity index (χ1v) is 14.8. The minimum absolute atomic E-state index is 0.198. The zero-order chi connectivity index (χ0) is 30.7. The summed E-state index contributed by atoms with van der Waals surface area (Å²) in [6.07, 6.45) is 1.98. The number of benzene rings is 3. The van der Waals surface area contributed by atoms with Crippen LogP contribution in [0.1, 0.15) is 99.4 Å². The molecule has 5 aromatic rings. The summed E-state index contributed by atoms with van der Waals surface area (Å²) >= 11 is 0. The molecule has 0 fully saturated rings. The topological polar surface area (TPSA) is 9.03 Å². The molecular formula is C37H47N2+. The average Bonchev–Trinajstić information content (AvgIpc) is 3.19. The quantitative estimate of drug-likeness (QED) is 0.149. The predicted molar refractivity (Wildman–Crippen MR) is 169 cm³/mol. The molecule has 204 valence electrons. The molecule has 0 saturated heterocycles. The Kier molecular flexibility index (Phi) is 6.36. The van der Waals surface area contributed by atoms with E-state index in [9.17, 15) is 0 Å². The summed E-state index contributed by atoms with van der Waals surface area (Å²) in [6, 6.07) is 19.3. The highest BCUT2D eigenvalue weighted by Gasteiger charge is 2.34. The molecule has 0 unspecified atom stereocenters. The maximum Gasteiger partial charge on any atom is 0.254 e. The second-order valence-corrected chi connectivity index (χ2v) is 12.8. The van der Waals surface area contributed by atoms with Gasteiger partial charge in [0.15, 0.2) is 0 Å². The van der Waals surface area contributed by atoms with Crippen molar-refractivity contribution in [1.29, 1.82) is 0 Å². The van der Waals surface area contributed by atoms with Crippen molar-refractivity contribution in [2.24, 2.45) is 11.8 Å². The first-order chi connectivity index (χ1) is 19.7. The van der Waals surface area contributed by atoms with Gasteiger partial charge in [-0.2, -0.15) is 0 Å². The fraction of sp³-hybridized carbons (Fsp3) is 0.432. The summed E-state index contributed by atoms with van der Waals surface area (Å²) in [6.45, 7) is 18.2. The molecule has 0 atom stereocenters. The summed E-state index contributed by atoms with van der Waals surface area (Å²) in [4.78, 5) is 0. The van der Waals surface area contributed by atoms with Crippen LogP contribution in [0.25, 0.3) is 38.3 Å². The highest BCUT2D eigenvalue weighted by molar-refractivity contribution is 6.14. The van der Waals surface area contributed by atoms with Gasteiger partial charge in [0.2, 0.25) is 5.52 Å². The van der Waals surface area contributed by atoms with Crippen LogP contribution in [0.5, 0.6) is 0 Å². The molecule has 2 heteroatoms. The third kappa shape index (κ3) is 4.56. The minimum atomic E-state index is -2.23. The molecule has 0 N–H and O–H groups in total. The molecule has 0 amide bonds. The van der Waals surface area contributed by atoms with Crippen molar-refractivity contribution in [2.75, 3.05) is 0 Å². The maximum absolute atomic E-state index is 8.55. The number of aromatic nitrogens is 2. The van der Waals surface area contributed by atoms with E-state index in [0.717, 1.165) is 40.0 Å². The Morgan fingerprint density at radius 2 is 1.28 bits per heavy atom. The number of fused-ring (bicyclic) bond motifs is 6. The van der Waals surface area contributed by atoms with Crippen molar-refractivity contribution < 1.29 is 8.63 Å². The van der Waals surface area contributed by atoms with Gasteiger partial charge in [0.05, 0.1) is 28.1 Å². The number of hydrogen-bond acceptors (Lipinski definition) is 0. The second kappa shape index (κ2) is 10.5. The van der Waals surface area contributed by atoms with Gasteiger partial charge in [-0.25, -0.2) is 0 Å². The molecule has 2 nitrogen and oxygen atoms in total. The van der Waals surface area contributed by atoms with Crippen LogP contribution in [0.3, 0.4) is 0 Å². The molecule has 39 heavy (non-hydrogen) atoms. The second-order valence-electron chi connectivity index (χ2n) is 12.8. The van der Waals surface area contributed by atoms with Crippen LogP contribution in [0, 0.1) is 25.6 Å². The number of hydrogen-bond donors (Lipinski definition) is 0. The van der Waals surface area contributed by atoms with Crippen LogP contribution in [0.4, 0.5) is 0 Å². The fourth-order valence-electron chi connectivity index (χ4n) is 6.73. The lowest BCUT2D eigenvalue weighted by Crippen LogP contribution is -2.36. The van der Waals surface area contributed by atoms with Crippen molar-refractivity contribution in [3.05, 3.63) is 82.5 Å².